The summed E-state index contributed by atoms with van der Waals surface area (Å²) in [5.74, 6) is -0.716. The molecule has 0 amide bonds. The molecule has 1 aliphatic heterocycles. The van der Waals surface area contributed by atoms with Crippen LogP contribution in [0.5, 0.6) is 0 Å². The molecule has 0 atom stereocenters. The molecule has 0 unspecified atom stereocenters. The third kappa shape index (κ3) is 3.41. The largest absolute Gasteiger partial charge is 0.476 e. The average molecular weight is 251 g/mol. The van der Waals surface area contributed by atoms with Crippen LogP contribution in [-0.2, 0) is 9.53 Å². The van der Waals surface area contributed by atoms with E-state index in [0.29, 0.717) is 5.75 Å². The number of carboxylic acids is 1. The van der Waals surface area contributed by atoms with Crippen molar-refractivity contribution in [3.8, 4) is 0 Å². The van der Waals surface area contributed by atoms with Crippen molar-refractivity contribution in [1.82, 2.24) is 4.90 Å². The Morgan fingerprint density at radius 3 is 2.94 bits per heavy atom. The molecule has 0 aromatic heterocycles. The van der Waals surface area contributed by atoms with E-state index in [9.17, 15) is 13.6 Å². The molecule has 1 rings (SSSR count). The first-order valence-corrected chi connectivity index (χ1v) is 5.46. The molecular weight excluding hydrogens is 240 g/mol. The van der Waals surface area contributed by atoms with Gasteiger partial charge in [0.25, 0.3) is 6.08 Å². The normalized spacial score (nSPS) is 15.1. The number of nitrogens with zero attached hydrogens (tertiary/aromatic N) is 1. The van der Waals surface area contributed by atoms with Gasteiger partial charge in [-0.05, 0) is 12.5 Å². The molecule has 7 heteroatoms. The standard InChI is InChI=1S/C9H11F2NO3S/c1-12-5-15-9(7(12)8(13)14)16-4-2-3-6(10)11/h3H,2,4-5H2,1H3,(H,13,14). The predicted octanol–water partition coefficient (Wildman–Crippen LogP) is 2.06. The Kier molecular flexibility index (Phi) is 4.60. The number of ether oxygens (including phenoxy) is 1. The zero-order valence-corrected chi connectivity index (χ0v) is 9.39. The second-order valence-corrected chi connectivity index (χ2v) is 4.11. The molecule has 0 aliphatic carbocycles. The zero-order chi connectivity index (χ0) is 12.1. The number of carboxylic acid groups (broad SMARTS) is 1. The van der Waals surface area contributed by atoms with Crippen molar-refractivity contribution >= 4 is 17.7 Å². The van der Waals surface area contributed by atoms with Crippen LogP contribution < -0.4 is 0 Å². The van der Waals surface area contributed by atoms with E-state index < -0.39 is 12.0 Å². The van der Waals surface area contributed by atoms with E-state index in [4.69, 9.17) is 9.84 Å². The highest BCUT2D eigenvalue weighted by atomic mass is 32.2. The molecule has 1 heterocycles. The minimum atomic E-state index is -1.72. The van der Waals surface area contributed by atoms with Gasteiger partial charge >= 0.3 is 5.97 Å². The van der Waals surface area contributed by atoms with Crippen LogP contribution >= 0.6 is 11.8 Å². The summed E-state index contributed by atoms with van der Waals surface area (Å²) in [5, 5.41) is 9.15. The lowest BCUT2D eigenvalue weighted by atomic mass is 10.5. The van der Waals surface area contributed by atoms with Gasteiger partial charge in [0, 0.05) is 12.8 Å². The van der Waals surface area contributed by atoms with Gasteiger partial charge in [-0.3, -0.25) is 0 Å². The van der Waals surface area contributed by atoms with E-state index in [1.807, 2.05) is 0 Å². The van der Waals surface area contributed by atoms with Gasteiger partial charge in [0.1, 0.15) is 0 Å². The lowest BCUT2D eigenvalue weighted by Gasteiger charge is -2.07. The highest BCUT2D eigenvalue weighted by Gasteiger charge is 2.26. The summed E-state index contributed by atoms with van der Waals surface area (Å²) >= 11 is 1.12. The number of allylic oxidation sites excluding steroid dienone is 1. The molecule has 0 radical (unpaired) electrons. The maximum absolute atomic E-state index is 11.7. The molecule has 0 spiro atoms. The Balaban J connectivity index is 2.52. The van der Waals surface area contributed by atoms with Gasteiger partial charge in [0.2, 0.25) is 0 Å². The number of hydrogen-bond acceptors (Lipinski definition) is 4. The van der Waals surface area contributed by atoms with Crippen LogP contribution in [0.3, 0.4) is 0 Å². The zero-order valence-electron chi connectivity index (χ0n) is 8.57. The molecular formula is C9H11F2NO3S. The van der Waals surface area contributed by atoms with E-state index in [1.54, 1.807) is 7.05 Å². The maximum atomic E-state index is 11.7. The molecule has 0 saturated heterocycles. The molecule has 0 aromatic rings. The van der Waals surface area contributed by atoms with Gasteiger partial charge in [-0.15, -0.1) is 0 Å². The summed E-state index contributed by atoms with van der Waals surface area (Å²) in [5.41, 5.74) is 0.0784. The Morgan fingerprint density at radius 2 is 2.38 bits per heavy atom. The van der Waals surface area contributed by atoms with Crippen molar-refractivity contribution in [2.24, 2.45) is 0 Å². The molecule has 0 aromatic carbocycles. The smallest absolute Gasteiger partial charge is 0.356 e. The number of aliphatic carboxylic acids is 1. The molecule has 1 N–H and O–H groups in total. The number of carbonyl (C=O) groups is 1. The third-order valence-electron chi connectivity index (χ3n) is 1.82. The van der Waals surface area contributed by atoms with Crippen molar-refractivity contribution in [2.75, 3.05) is 19.5 Å². The first-order valence-electron chi connectivity index (χ1n) is 4.48. The van der Waals surface area contributed by atoms with Gasteiger partial charge in [0.15, 0.2) is 17.5 Å². The summed E-state index contributed by atoms with van der Waals surface area (Å²) in [6.45, 7) is 0.178. The van der Waals surface area contributed by atoms with Gasteiger partial charge < -0.3 is 14.7 Å². The van der Waals surface area contributed by atoms with Crippen LogP contribution in [0.2, 0.25) is 0 Å². The second-order valence-electron chi connectivity index (χ2n) is 3.04. The van der Waals surface area contributed by atoms with Crippen LogP contribution in [0.4, 0.5) is 8.78 Å². The van der Waals surface area contributed by atoms with Gasteiger partial charge in [-0.2, -0.15) is 8.78 Å². The lowest BCUT2D eigenvalue weighted by molar-refractivity contribution is -0.134. The van der Waals surface area contributed by atoms with Crippen LogP contribution in [0.25, 0.3) is 0 Å². The van der Waals surface area contributed by atoms with E-state index in [2.05, 4.69) is 0 Å². The van der Waals surface area contributed by atoms with E-state index in [-0.39, 0.29) is 23.9 Å². The molecule has 90 valence electrons. The topological polar surface area (TPSA) is 49.8 Å². The molecule has 1 aliphatic rings. The Bertz CT molecular complexity index is 340. The van der Waals surface area contributed by atoms with E-state index in [0.717, 1.165) is 17.8 Å². The summed E-state index contributed by atoms with van der Waals surface area (Å²) in [6, 6.07) is 0. The Labute approximate surface area is 95.6 Å². The van der Waals surface area contributed by atoms with Gasteiger partial charge in [-0.1, -0.05) is 11.8 Å². The number of rotatable bonds is 5. The third-order valence-corrected chi connectivity index (χ3v) is 2.83. The van der Waals surface area contributed by atoms with Crippen LogP contribution in [0, 0.1) is 0 Å². The summed E-state index contributed by atoms with van der Waals surface area (Å²) < 4.78 is 28.5. The fourth-order valence-corrected chi connectivity index (χ4v) is 2.06. The fourth-order valence-electron chi connectivity index (χ4n) is 1.12. The molecule has 0 bridgehead atoms. The number of likely N-dealkylation sites (N-methyl/N-ethyl adjacent to an activating group) is 1. The van der Waals surface area contributed by atoms with Crippen molar-refractivity contribution in [3.63, 3.8) is 0 Å². The molecule has 16 heavy (non-hydrogen) atoms. The van der Waals surface area contributed by atoms with Crippen LogP contribution in [-0.4, -0.2) is 35.5 Å². The summed E-state index contributed by atoms with van der Waals surface area (Å²) in [4.78, 5) is 12.3. The second kappa shape index (κ2) is 5.74. The number of hydrogen-bond donors (Lipinski definition) is 1. The lowest BCUT2D eigenvalue weighted by Crippen LogP contribution is -2.19. The van der Waals surface area contributed by atoms with Gasteiger partial charge in [0.05, 0.1) is 0 Å². The number of halogens is 2. The highest BCUT2D eigenvalue weighted by molar-refractivity contribution is 8.02. The number of thioether (sulfide) groups is 1. The van der Waals surface area contributed by atoms with Gasteiger partial charge in [-0.25, -0.2) is 4.79 Å². The molecule has 0 saturated carbocycles. The Morgan fingerprint density at radius 1 is 1.69 bits per heavy atom. The predicted molar refractivity (Wildman–Crippen MR) is 55.8 cm³/mol. The quantitative estimate of drug-likeness (QED) is 0.758. The minimum absolute atomic E-state index is 0.0784. The first kappa shape index (κ1) is 12.8. The Hall–Kier alpha value is -1.24. The van der Waals surface area contributed by atoms with E-state index in [1.165, 1.54) is 4.90 Å². The molecule has 0 fully saturated rings. The maximum Gasteiger partial charge on any atom is 0.356 e. The average Bonchev–Trinajstić information content (AvgIpc) is 2.54. The van der Waals surface area contributed by atoms with Crippen LogP contribution in [0.1, 0.15) is 6.42 Å². The van der Waals surface area contributed by atoms with Crippen molar-refractivity contribution in [3.05, 3.63) is 22.9 Å². The van der Waals surface area contributed by atoms with Crippen LogP contribution in [0.15, 0.2) is 22.9 Å². The van der Waals surface area contributed by atoms with E-state index >= 15 is 0 Å². The minimum Gasteiger partial charge on any atom is -0.476 e. The van der Waals surface area contributed by atoms with Crippen molar-refractivity contribution < 1.29 is 23.4 Å². The molecule has 4 nitrogen and oxygen atoms in total. The SMILES string of the molecule is CN1COC(SCCC=C(F)F)=C1C(=O)O. The fraction of sp³-hybridized carbons (Fsp3) is 0.444. The van der Waals surface area contributed by atoms with Crippen molar-refractivity contribution in [1.29, 1.82) is 0 Å². The summed E-state index contributed by atoms with van der Waals surface area (Å²) in [7, 11) is 1.60. The monoisotopic (exact) mass is 251 g/mol. The highest BCUT2D eigenvalue weighted by Crippen LogP contribution is 2.29. The first-order chi connectivity index (χ1) is 7.52. The summed E-state index contributed by atoms with van der Waals surface area (Å²) in [6.07, 6.45) is -0.749. The van der Waals surface area contributed by atoms with Crippen molar-refractivity contribution in [2.45, 2.75) is 6.42 Å².